The van der Waals surface area contributed by atoms with Crippen LogP contribution in [0.2, 0.25) is 5.02 Å². The standard InChI is InChI=1S/C22H24ClN3O/c1-16-20(22(27)24-13-14-25(2)3)15-21(17-9-11-18(23)12-10-17)26(16)19-7-5-4-6-8-19/h4-12,15H,13-14H2,1-3H3,(H,24,27). The minimum Gasteiger partial charge on any atom is -0.351 e. The van der Waals surface area contributed by atoms with Gasteiger partial charge in [0.1, 0.15) is 0 Å². The number of hydrogen-bond acceptors (Lipinski definition) is 2. The van der Waals surface area contributed by atoms with Gasteiger partial charge in [-0.25, -0.2) is 0 Å². The van der Waals surface area contributed by atoms with Crippen LogP contribution in [0.1, 0.15) is 16.1 Å². The molecule has 0 aliphatic heterocycles. The van der Waals surface area contributed by atoms with E-state index in [4.69, 9.17) is 11.6 Å². The minimum atomic E-state index is -0.0563. The molecule has 1 aromatic heterocycles. The Hall–Kier alpha value is -2.56. The van der Waals surface area contributed by atoms with Crippen LogP contribution in [0, 0.1) is 6.92 Å². The fourth-order valence-corrected chi connectivity index (χ4v) is 3.19. The summed E-state index contributed by atoms with van der Waals surface area (Å²) in [6.07, 6.45) is 0. The minimum absolute atomic E-state index is 0.0563. The summed E-state index contributed by atoms with van der Waals surface area (Å²) >= 11 is 6.05. The van der Waals surface area contributed by atoms with Crippen molar-refractivity contribution in [3.8, 4) is 16.9 Å². The zero-order valence-corrected chi connectivity index (χ0v) is 16.6. The first kappa shape index (κ1) is 19.2. The van der Waals surface area contributed by atoms with Gasteiger partial charge >= 0.3 is 0 Å². The molecular formula is C22H24ClN3O. The van der Waals surface area contributed by atoms with E-state index in [9.17, 15) is 4.79 Å². The van der Waals surface area contributed by atoms with Crippen molar-refractivity contribution in [2.24, 2.45) is 0 Å². The van der Waals surface area contributed by atoms with E-state index >= 15 is 0 Å². The average molecular weight is 382 g/mol. The first-order valence-corrected chi connectivity index (χ1v) is 9.32. The molecule has 1 heterocycles. The van der Waals surface area contributed by atoms with E-state index in [0.717, 1.165) is 29.2 Å². The van der Waals surface area contributed by atoms with Gasteiger partial charge in [0.05, 0.1) is 11.3 Å². The van der Waals surface area contributed by atoms with Crippen molar-refractivity contribution >= 4 is 17.5 Å². The second-order valence-corrected chi connectivity index (χ2v) is 7.20. The lowest BCUT2D eigenvalue weighted by Gasteiger charge is -2.13. The molecule has 4 nitrogen and oxygen atoms in total. The Balaban J connectivity index is 2.04. The van der Waals surface area contributed by atoms with Crippen LogP contribution in [0.3, 0.4) is 0 Å². The second-order valence-electron chi connectivity index (χ2n) is 6.77. The van der Waals surface area contributed by atoms with E-state index in [1.165, 1.54) is 0 Å². The molecule has 140 valence electrons. The van der Waals surface area contributed by atoms with Crippen LogP contribution < -0.4 is 5.32 Å². The van der Waals surface area contributed by atoms with Gasteiger partial charge in [-0.15, -0.1) is 0 Å². The van der Waals surface area contributed by atoms with E-state index < -0.39 is 0 Å². The van der Waals surface area contributed by atoms with Crippen LogP contribution in [0.15, 0.2) is 60.7 Å². The Labute approximate surface area is 165 Å². The molecule has 0 atom stereocenters. The first-order chi connectivity index (χ1) is 13.0. The Morgan fingerprint density at radius 1 is 1.07 bits per heavy atom. The summed E-state index contributed by atoms with van der Waals surface area (Å²) in [5, 5.41) is 3.70. The highest BCUT2D eigenvalue weighted by molar-refractivity contribution is 6.30. The fraction of sp³-hybridized carbons (Fsp3) is 0.227. The van der Waals surface area contributed by atoms with Crippen LogP contribution in [-0.4, -0.2) is 42.6 Å². The molecule has 0 aliphatic carbocycles. The van der Waals surface area contributed by atoms with Crippen LogP contribution >= 0.6 is 11.6 Å². The predicted octanol–water partition coefficient (Wildman–Crippen LogP) is 4.40. The summed E-state index contributed by atoms with van der Waals surface area (Å²) in [5.74, 6) is -0.0563. The molecule has 0 bridgehead atoms. The molecule has 0 spiro atoms. The van der Waals surface area contributed by atoms with Crippen molar-refractivity contribution < 1.29 is 4.79 Å². The molecule has 1 amide bonds. The lowest BCUT2D eigenvalue weighted by Crippen LogP contribution is -2.31. The normalized spacial score (nSPS) is 11.0. The topological polar surface area (TPSA) is 37.3 Å². The van der Waals surface area contributed by atoms with Crippen molar-refractivity contribution in [2.75, 3.05) is 27.2 Å². The van der Waals surface area contributed by atoms with E-state index in [-0.39, 0.29) is 5.91 Å². The van der Waals surface area contributed by atoms with Gasteiger partial charge in [0.25, 0.3) is 5.91 Å². The monoisotopic (exact) mass is 381 g/mol. The van der Waals surface area contributed by atoms with Gasteiger partial charge in [-0.3, -0.25) is 4.79 Å². The van der Waals surface area contributed by atoms with Crippen LogP contribution in [-0.2, 0) is 0 Å². The molecule has 3 aromatic rings. The number of likely N-dealkylation sites (N-methyl/N-ethyl adjacent to an activating group) is 1. The lowest BCUT2D eigenvalue weighted by atomic mass is 10.1. The molecule has 5 heteroatoms. The summed E-state index contributed by atoms with van der Waals surface area (Å²) in [4.78, 5) is 14.8. The highest BCUT2D eigenvalue weighted by atomic mass is 35.5. The molecular weight excluding hydrogens is 358 g/mol. The summed E-state index contributed by atoms with van der Waals surface area (Å²) in [6, 6.07) is 19.7. The van der Waals surface area contributed by atoms with E-state index in [0.29, 0.717) is 17.1 Å². The highest BCUT2D eigenvalue weighted by Crippen LogP contribution is 2.30. The molecule has 0 unspecified atom stereocenters. The van der Waals surface area contributed by atoms with Crippen molar-refractivity contribution in [3.63, 3.8) is 0 Å². The van der Waals surface area contributed by atoms with E-state index in [1.807, 2.05) is 86.6 Å². The van der Waals surface area contributed by atoms with Crippen molar-refractivity contribution in [3.05, 3.63) is 76.9 Å². The number of rotatable bonds is 6. The number of carbonyl (C=O) groups is 1. The van der Waals surface area contributed by atoms with Crippen molar-refractivity contribution in [2.45, 2.75) is 6.92 Å². The Morgan fingerprint density at radius 2 is 1.74 bits per heavy atom. The van der Waals surface area contributed by atoms with Crippen molar-refractivity contribution in [1.82, 2.24) is 14.8 Å². The van der Waals surface area contributed by atoms with Gasteiger partial charge in [-0.05, 0) is 56.9 Å². The maximum absolute atomic E-state index is 12.8. The summed E-state index contributed by atoms with van der Waals surface area (Å²) in [7, 11) is 3.98. The molecule has 0 saturated heterocycles. The molecule has 3 rings (SSSR count). The zero-order valence-electron chi connectivity index (χ0n) is 15.9. The van der Waals surface area contributed by atoms with Gasteiger partial charge in [0.2, 0.25) is 0 Å². The number of amides is 1. The Kier molecular flexibility index (Phi) is 5.99. The molecule has 1 N–H and O–H groups in total. The Bertz CT molecular complexity index is 915. The van der Waals surface area contributed by atoms with Gasteiger partial charge in [-0.1, -0.05) is 41.9 Å². The van der Waals surface area contributed by atoms with Crippen molar-refractivity contribution in [1.29, 1.82) is 0 Å². The average Bonchev–Trinajstić information content (AvgIpc) is 3.00. The van der Waals surface area contributed by atoms with Crippen LogP contribution in [0.5, 0.6) is 0 Å². The number of nitrogens with zero attached hydrogens (tertiary/aromatic N) is 2. The number of aromatic nitrogens is 1. The maximum atomic E-state index is 12.8. The molecule has 0 saturated carbocycles. The van der Waals surface area contributed by atoms with Gasteiger partial charge in [0, 0.05) is 29.5 Å². The van der Waals surface area contributed by atoms with Gasteiger partial charge < -0.3 is 14.8 Å². The SMILES string of the molecule is Cc1c(C(=O)NCCN(C)C)cc(-c2ccc(Cl)cc2)n1-c1ccccc1. The molecule has 0 radical (unpaired) electrons. The van der Waals surface area contributed by atoms with Gasteiger partial charge in [-0.2, -0.15) is 0 Å². The second kappa shape index (κ2) is 8.42. The number of halogens is 1. The zero-order chi connectivity index (χ0) is 19.4. The number of nitrogens with one attached hydrogen (secondary N) is 1. The largest absolute Gasteiger partial charge is 0.351 e. The summed E-state index contributed by atoms with van der Waals surface area (Å²) in [5.41, 5.74) is 4.59. The number of para-hydroxylation sites is 1. The molecule has 2 aromatic carbocycles. The Morgan fingerprint density at radius 3 is 2.37 bits per heavy atom. The summed E-state index contributed by atoms with van der Waals surface area (Å²) < 4.78 is 2.12. The first-order valence-electron chi connectivity index (χ1n) is 8.94. The third-order valence-corrected chi connectivity index (χ3v) is 4.74. The molecule has 0 fully saturated rings. The van der Waals surface area contributed by atoms with Crippen LogP contribution in [0.25, 0.3) is 16.9 Å². The number of carbonyl (C=O) groups excluding carboxylic acids is 1. The third kappa shape index (κ3) is 4.41. The summed E-state index contributed by atoms with van der Waals surface area (Å²) in [6.45, 7) is 3.39. The van der Waals surface area contributed by atoms with Gasteiger partial charge in [0.15, 0.2) is 0 Å². The van der Waals surface area contributed by atoms with Crippen LogP contribution in [0.4, 0.5) is 0 Å². The fourth-order valence-electron chi connectivity index (χ4n) is 3.07. The highest BCUT2D eigenvalue weighted by Gasteiger charge is 2.19. The van der Waals surface area contributed by atoms with E-state index in [1.54, 1.807) is 0 Å². The maximum Gasteiger partial charge on any atom is 0.253 e. The number of hydrogen-bond donors (Lipinski definition) is 1. The lowest BCUT2D eigenvalue weighted by molar-refractivity contribution is 0.0950. The third-order valence-electron chi connectivity index (χ3n) is 4.49. The molecule has 0 aliphatic rings. The van der Waals surface area contributed by atoms with E-state index in [2.05, 4.69) is 9.88 Å². The number of benzene rings is 2. The predicted molar refractivity (Wildman–Crippen MR) is 112 cm³/mol. The smallest absolute Gasteiger partial charge is 0.253 e. The quantitative estimate of drug-likeness (QED) is 0.687. The molecule has 27 heavy (non-hydrogen) atoms.